The predicted molar refractivity (Wildman–Crippen MR) is 72.0 cm³/mol. The van der Waals surface area contributed by atoms with Crippen LogP contribution in [-0.4, -0.2) is 17.7 Å². The van der Waals surface area contributed by atoms with Crippen LogP contribution in [0, 0.1) is 0 Å². The van der Waals surface area contributed by atoms with Gasteiger partial charge in [-0.1, -0.05) is 0 Å². The molecule has 0 bridgehead atoms. The predicted octanol–water partition coefficient (Wildman–Crippen LogP) is 0.938. The van der Waals surface area contributed by atoms with Crippen LogP contribution in [0.15, 0.2) is 35.3 Å². The molecule has 0 aliphatic carbocycles. The maximum Gasteiger partial charge on any atom is 0.257 e. The highest BCUT2D eigenvalue weighted by Gasteiger charge is 2.17. The van der Waals surface area contributed by atoms with Crippen molar-refractivity contribution < 1.29 is 14.3 Å². The minimum atomic E-state index is -0.383. The first-order valence-corrected chi connectivity index (χ1v) is 5.83. The Labute approximate surface area is 113 Å². The summed E-state index contributed by atoms with van der Waals surface area (Å²) in [5, 5.41) is 2.65. The molecule has 0 spiro atoms. The van der Waals surface area contributed by atoms with Gasteiger partial charge in [-0.25, -0.2) is 0 Å². The lowest BCUT2D eigenvalue weighted by Gasteiger charge is -2.09. The number of anilines is 2. The molecule has 7 heteroatoms. The topological polar surface area (TPSA) is 106 Å². The van der Waals surface area contributed by atoms with Gasteiger partial charge in [0.25, 0.3) is 5.91 Å². The van der Waals surface area contributed by atoms with E-state index in [0.717, 1.165) is 0 Å². The van der Waals surface area contributed by atoms with E-state index in [1.165, 1.54) is 18.3 Å². The van der Waals surface area contributed by atoms with Gasteiger partial charge in [-0.2, -0.15) is 0 Å². The number of rotatable bonds is 2. The third-order valence-electron chi connectivity index (χ3n) is 2.84. The van der Waals surface area contributed by atoms with E-state index in [1.807, 2.05) is 0 Å². The average Bonchev–Trinajstić information content (AvgIpc) is 2.87. The van der Waals surface area contributed by atoms with Crippen LogP contribution >= 0.6 is 0 Å². The summed E-state index contributed by atoms with van der Waals surface area (Å²) < 4.78 is 10.4. The Morgan fingerprint density at radius 3 is 2.70 bits per heavy atom. The quantitative estimate of drug-likeness (QED) is 0.706. The molecule has 1 aliphatic rings. The molecule has 1 aromatic heterocycles. The van der Waals surface area contributed by atoms with Crippen molar-refractivity contribution in [1.82, 2.24) is 4.98 Å². The van der Waals surface area contributed by atoms with Crippen molar-refractivity contribution in [2.24, 2.45) is 0 Å². The molecule has 20 heavy (non-hydrogen) atoms. The van der Waals surface area contributed by atoms with Crippen molar-refractivity contribution in [2.75, 3.05) is 17.8 Å². The number of nitrogens with one attached hydrogen (secondary N) is 2. The lowest BCUT2D eigenvalue weighted by molar-refractivity contribution is 0.102. The number of carbonyl (C=O) groups excluding carboxylic acids is 1. The number of aromatic amines is 1. The molecule has 1 aliphatic heterocycles. The zero-order valence-electron chi connectivity index (χ0n) is 10.3. The minimum absolute atomic E-state index is 0.131. The Bertz CT molecular complexity index is 718. The van der Waals surface area contributed by atoms with E-state index in [9.17, 15) is 9.59 Å². The summed E-state index contributed by atoms with van der Waals surface area (Å²) in [4.78, 5) is 25.4. The summed E-state index contributed by atoms with van der Waals surface area (Å²) in [5.74, 6) is 0.687. The normalized spacial score (nSPS) is 12.2. The lowest BCUT2D eigenvalue weighted by atomic mass is 10.2. The van der Waals surface area contributed by atoms with Crippen LogP contribution in [0.2, 0.25) is 0 Å². The van der Waals surface area contributed by atoms with Crippen LogP contribution in [0.3, 0.4) is 0 Å². The molecule has 102 valence electrons. The van der Waals surface area contributed by atoms with Crippen LogP contribution in [0.1, 0.15) is 10.4 Å². The van der Waals surface area contributed by atoms with Crippen LogP contribution in [-0.2, 0) is 0 Å². The van der Waals surface area contributed by atoms with Gasteiger partial charge in [0.15, 0.2) is 11.5 Å². The molecule has 7 nitrogen and oxygen atoms in total. The van der Waals surface area contributed by atoms with Gasteiger partial charge in [-0.3, -0.25) is 9.59 Å². The number of benzene rings is 1. The fourth-order valence-corrected chi connectivity index (χ4v) is 1.81. The smallest absolute Gasteiger partial charge is 0.257 e. The third kappa shape index (κ3) is 2.16. The standard InChI is InChI=1S/C13H11N3O4/c14-8-3-10-11(20-6-19-10)4-9(8)16-13(18)7-1-2-12(17)15-5-7/h1-5H,6,14H2,(H,15,17)(H,16,18). The number of nitrogen functional groups attached to an aromatic ring is 1. The Morgan fingerprint density at radius 2 is 2.00 bits per heavy atom. The average molecular weight is 273 g/mol. The Hall–Kier alpha value is -2.96. The van der Waals surface area contributed by atoms with Gasteiger partial charge in [-0.15, -0.1) is 0 Å². The molecular formula is C13H11N3O4. The molecule has 3 rings (SSSR count). The first-order chi connectivity index (χ1) is 9.63. The fraction of sp³-hybridized carbons (Fsp3) is 0.0769. The molecule has 0 fully saturated rings. The summed E-state index contributed by atoms with van der Waals surface area (Å²) in [6, 6.07) is 5.89. The highest BCUT2D eigenvalue weighted by Crippen LogP contribution is 2.38. The van der Waals surface area contributed by atoms with E-state index in [2.05, 4.69) is 10.3 Å². The third-order valence-corrected chi connectivity index (χ3v) is 2.84. The van der Waals surface area contributed by atoms with Crippen molar-refractivity contribution in [3.63, 3.8) is 0 Å². The molecule has 0 unspecified atom stereocenters. The van der Waals surface area contributed by atoms with Gasteiger partial charge < -0.3 is 25.5 Å². The second-order valence-corrected chi connectivity index (χ2v) is 4.19. The van der Waals surface area contributed by atoms with Gasteiger partial charge >= 0.3 is 0 Å². The van der Waals surface area contributed by atoms with Gasteiger partial charge in [0, 0.05) is 24.4 Å². The Kier molecular flexibility index (Phi) is 2.79. The second kappa shape index (κ2) is 4.61. The lowest BCUT2D eigenvalue weighted by Crippen LogP contribution is -2.15. The van der Waals surface area contributed by atoms with E-state index in [0.29, 0.717) is 28.4 Å². The molecular weight excluding hydrogens is 262 g/mol. The van der Waals surface area contributed by atoms with Crippen LogP contribution in [0.4, 0.5) is 11.4 Å². The van der Waals surface area contributed by atoms with Crippen molar-refractivity contribution in [3.05, 3.63) is 46.4 Å². The second-order valence-electron chi connectivity index (χ2n) is 4.19. The van der Waals surface area contributed by atoms with E-state index < -0.39 is 0 Å². The Balaban J connectivity index is 1.86. The van der Waals surface area contributed by atoms with Crippen molar-refractivity contribution in [1.29, 1.82) is 0 Å². The number of hydrogen-bond donors (Lipinski definition) is 3. The number of hydrogen-bond acceptors (Lipinski definition) is 5. The Morgan fingerprint density at radius 1 is 1.25 bits per heavy atom. The first kappa shape index (κ1) is 12.1. The first-order valence-electron chi connectivity index (χ1n) is 5.83. The van der Waals surface area contributed by atoms with E-state index in [-0.39, 0.29) is 18.3 Å². The molecule has 0 saturated carbocycles. The molecule has 1 aromatic carbocycles. The number of pyridine rings is 1. The highest BCUT2D eigenvalue weighted by molar-refractivity contribution is 6.05. The number of fused-ring (bicyclic) bond motifs is 1. The largest absolute Gasteiger partial charge is 0.454 e. The summed E-state index contributed by atoms with van der Waals surface area (Å²) in [5.41, 5.74) is 6.67. The molecule has 0 radical (unpaired) electrons. The van der Waals surface area contributed by atoms with E-state index >= 15 is 0 Å². The summed E-state index contributed by atoms with van der Waals surface area (Å²) in [6.45, 7) is 0.131. The molecule has 2 aromatic rings. The van der Waals surface area contributed by atoms with Gasteiger partial charge in [-0.05, 0) is 6.07 Å². The van der Waals surface area contributed by atoms with Crippen LogP contribution < -0.4 is 26.1 Å². The highest BCUT2D eigenvalue weighted by atomic mass is 16.7. The minimum Gasteiger partial charge on any atom is -0.454 e. The van der Waals surface area contributed by atoms with E-state index in [1.54, 1.807) is 12.1 Å². The number of amides is 1. The summed E-state index contributed by atoms with van der Waals surface area (Å²) in [7, 11) is 0. The number of aromatic nitrogens is 1. The zero-order chi connectivity index (χ0) is 14.1. The van der Waals surface area contributed by atoms with Gasteiger partial charge in [0.1, 0.15) is 0 Å². The number of H-pyrrole nitrogens is 1. The van der Waals surface area contributed by atoms with Gasteiger partial charge in [0.2, 0.25) is 12.4 Å². The SMILES string of the molecule is Nc1cc2c(cc1NC(=O)c1ccc(=O)[nH]c1)OCO2. The number of nitrogens with two attached hydrogens (primary N) is 1. The van der Waals surface area contributed by atoms with Gasteiger partial charge in [0.05, 0.1) is 16.9 Å². The monoisotopic (exact) mass is 273 g/mol. The van der Waals surface area contributed by atoms with Crippen LogP contribution in [0.5, 0.6) is 11.5 Å². The van der Waals surface area contributed by atoms with Crippen molar-refractivity contribution >= 4 is 17.3 Å². The summed E-state index contributed by atoms with van der Waals surface area (Å²) in [6.07, 6.45) is 1.33. The number of ether oxygens (including phenoxy) is 2. The molecule has 4 N–H and O–H groups in total. The molecule has 2 heterocycles. The van der Waals surface area contributed by atoms with Crippen LogP contribution in [0.25, 0.3) is 0 Å². The molecule has 1 amide bonds. The maximum absolute atomic E-state index is 12.0. The molecule has 0 saturated heterocycles. The maximum atomic E-state index is 12.0. The fourth-order valence-electron chi connectivity index (χ4n) is 1.81. The zero-order valence-corrected chi connectivity index (χ0v) is 10.3. The number of carbonyl (C=O) groups is 1. The van der Waals surface area contributed by atoms with Crippen molar-refractivity contribution in [2.45, 2.75) is 0 Å². The van der Waals surface area contributed by atoms with E-state index in [4.69, 9.17) is 15.2 Å². The van der Waals surface area contributed by atoms with Crippen molar-refractivity contribution in [3.8, 4) is 11.5 Å². The summed E-state index contributed by atoms with van der Waals surface area (Å²) >= 11 is 0. The molecule has 0 atom stereocenters.